The molecule has 12 heteroatoms. The van der Waals surface area contributed by atoms with E-state index < -0.39 is 20.5 Å². The van der Waals surface area contributed by atoms with E-state index in [-0.39, 0.29) is 41.8 Å². The summed E-state index contributed by atoms with van der Waals surface area (Å²) < 4.78 is 28.3. The Bertz CT molecular complexity index is 1320. The molecule has 32 heavy (non-hydrogen) atoms. The highest BCUT2D eigenvalue weighted by atomic mass is 35.5. The monoisotopic (exact) mass is 475 g/mol. The van der Waals surface area contributed by atoms with Gasteiger partial charge in [0.15, 0.2) is 0 Å². The summed E-state index contributed by atoms with van der Waals surface area (Å²) >= 11 is 6.34. The fourth-order valence-corrected chi connectivity index (χ4v) is 5.18. The van der Waals surface area contributed by atoms with Crippen LogP contribution in [0, 0.1) is 10.1 Å². The lowest BCUT2D eigenvalue weighted by atomic mass is 10.3. The Morgan fingerprint density at radius 2 is 1.69 bits per heavy atom. The molecule has 0 atom stereocenters. The summed E-state index contributed by atoms with van der Waals surface area (Å²) in [6.07, 6.45) is 1.49. The van der Waals surface area contributed by atoms with Crippen molar-refractivity contribution in [3.8, 4) is 5.69 Å². The van der Waals surface area contributed by atoms with Crippen molar-refractivity contribution < 1.29 is 13.3 Å². The smallest absolute Gasteiger partial charge is 0.292 e. The van der Waals surface area contributed by atoms with Gasteiger partial charge in [-0.05, 0) is 18.2 Å². The zero-order valence-corrected chi connectivity index (χ0v) is 18.2. The van der Waals surface area contributed by atoms with Crippen LogP contribution in [0.3, 0.4) is 0 Å². The second-order valence-corrected chi connectivity index (χ2v) is 9.36. The fraction of sp³-hybridized carbons (Fsp3) is 0.200. The molecule has 0 N–H and O–H groups in total. The number of nitrogens with zero attached hydrogens (tertiary/aromatic N) is 5. The van der Waals surface area contributed by atoms with Gasteiger partial charge in [0.2, 0.25) is 10.0 Å². The number of halogens is 1. The highest BCUT2D eigenvalue weighted by Crippen LogP contribution is 2.26. The summed E-state index contributed by atoms with van der Waals surface area (Å²) in [6.45, 7) is 0.820. The number of para-hydroxylation sites is 1. The largest absolute Gasteiger partial charge is 0.366 e. The van der Waals surface area contributed by atoms with E-state index in [2.05, 4.69) is 5.10 Å². The third-order valence-corrected chi connectivity index (χ3v) is 7.40. The summed E-state index contributed by atoms with van der Waals surface area (Å²) in [4.78, 5) is 24.7. The molecule has 10 nitrogen and oxygen atoms in total. The maximum absolute atomic E-state index is 12.9. The number of nitro groups is 1. The van der Waals surface area contributed by atoms with E-state index in [4.69, 9.17) is 11.6 Å². The van der Waals surface area contributed by atoms with Crippen molar-refractivity contribution in [1.29, 1.82) is 0 Å². The molecular weight excluding hydrogens is 458 g/mol. The molecule has 0 radical (unpaired) electrons. The first kappa shape index (κ1) is 21.9. The van der Waals surface area contributed by atoms with E-state index in [1.807, 2.05) is 6.07 Å². The predicted molar refractivity (Wildman–Crippen MR) is 119 cm³/mol. The summed E-state index contributed by atoms with van der Waals surface area (Å²) in [6, 6.07) is 13.8. The first-order chi connectivity index (χ1) is 15.3. The molecule has 1 fully saturated rings. The molecule has 166 valence electrons. The average Bonchev–Trinajstić information content (AvgIpc) is 2.81. The van der Waals surface area contributed by atoms with E-state index in [0.29, 0.717) is 11.4 Å². The zero-order chi connectivity index (χ0) is 22.9. The van der Waals surface area contributed by atoms with Crippen LogP contribution in [0.15, 0.2) is 70.5 Å². The topological polar surface area (TPSA) is 119 Å². The molecule has 0 saturated carbocycles. The van der Waals surface area contributed by atoms with Crippen LogP contribution < -0.4 is 10.5 Å². The van der Waals surface area contributed by atoms with Crippen molar-refractivity contribution in [2.24, 2.45) is 0 Å². The SMILES string of the molecule is O=c1c(Cl)c(N2CCN(S(=O)(=O)c3cccc([N+](=O)[O-])c3)CC2)cnn1-c1ccccc1. The van der Waals surface area contributed by atoms with Crippen LogP contribution in [0.4, 0.5) is 11.4 Å². The van der Waals surface area contributed by atoms with Gasteiger partial charge in [-0.15, -0.1) is 0 Å². The molecule has 0 unspecified atom stereocenters. The second kappa shape index (κ2) is 8.69. The molecule has 2 aromatic carbocycles. The number of non-ortho nitro benzene ring substituents is 1. The van der Waals surface area contributed by atoms with Crippen LogP contribution in [0.1, 0.15) is 0 Å². The molecule has 1 saturated heterocycles. The standard InChI is InChI=1S/C20H18ClN5O5S/c21-19-18(14-22-25(20(19)27)15-5-2-1-3-6-15)23-9-11-24(12-10-23)32(30,31)17-8-4-7-16(13-17)26(28)29/h1-8,13-14H,9-12H2. The summed E-state index contributed by atoms with van der Waals surface area (Å²) in [7, 11) is -3.90. The Hall–Kier alpha value is -3.28. The van der Waals surface area contributed by atoms with Gasteiger partial charge in [-0.2, -0.15) is 14.1 Å². The Morgan fingerprint density at radius 3 is 2.34 bits per heavy atom. The molecule has 0 amide bonds. The maximum Gasteiger partial charge on any atom is 0.292 e. The number of rotatable bonds is 5. The molecule has 0 bridgehead atoms. The first-order valence-electron chi connectivity index (χ1n) is 9.62. The Balaban J connectivity index is 1.53. The predicted octanol–water partition coefficient (Wildman–Crippen LogP) is 2.30. The average molecular weight is 476 g/mol. The molecule has 0 spiro atoms. The van der Waals surface area contributed by atoms with Crippen molar-refractivity contribution in [3.63, 3.8) is 0 Å². The number of hydrogen-bond acceptors (Lipinski definition) is 7. The third kappa shape index (κ3) is 4.09. The van der Waals surface area contributed by atoms with Gasteiger partial charge >= 0.3 is 0 Å². The normalized spacial score (nSPS) is 15.0. The number of anilines is 1. The number of sulfonamides is 1. The van der Waals surface area contributed by atoms with Gasteiger partial charge < -0.3 is 4.90 Å². The van der Waals surface area contributed by atoms with E-state index in [1.165, 1.54) is 33.4 Å². The molecule has 1 aromatic heterocycles. The Kier molecular flexibility index (Phi) is 5.96. The van der Waals surface area contributed by atoms with Crippen LogP contribution in [0.2, 0.25) is 5.02 Å². The minimum absolute atomic E-state index is 0.00107. The Labute approximate surface area is 188 Å². The number of nitro benzene ring substituents is 1. The lowest BCUT2D eigenvalue weighted by Gasteiger charge is -2.35. The minimum atomic E-state index is -3.90. The van der Waals surface area contributed by atoms with Gasteiger partial charge in [0.25, 0.3) is 11.2 Å². The first-order valence-corrected chi connectivity index (χ1v) is 11.4. The van der Waals surface area contributed by atoms with Gasteiger partial charge in [-0.1, -0.05) is 35.9 Å². The van der Waals surface area contributed by atoms with Crippen LogP contribution in [-0.2, 0) is 10.0 Å². The van der Waals surface area contributed by atoms with Gasteiger partial charge in [0, 0.05) is 38.3 Å². The molecule has 1 aliphatic heterocycles. The quantitative estimate of drug-likeness (QED) is 0.410. The molecular formula is C20H18ClN5O5S. The van der Waals surface area contributed by atoms with E-state index in [0.717, 1.165) is 6.07 Å². The van der Waals surface area contributed by atoms with Crippen molar-refractivity contribution in [3.05, 3.63) is 86.3 Å². The van der Waals surface area contributed by atoms with Crippen molar-refractivity contribution in [2.45, 2.75) is 4.90 Å². The van der Waals surface area contributed by atoms with Crippen molar-refractivity contribution >= 4 is 33.0 Å². The van der Waals surface area contributed by atoms with Gasteiger partial charge in [-0.3, -0.25) is 14.9 Å². The van der Waals surface area contributed by atoms with Gasteiger partial charge in [-0.25, -0.2) is 8.42 Å². The summed E-state index contributed by atoms with van der Waals surface area (Å²) in [5.74, 6) is 0. The fourth-order valence-electron chi connectivity index (χ4n) is 3.47. The van der Waals surface area contributed by atoms with E-state index >= 15 is 0 Å². The van der Waals surface area contributed by atoms with Crippen LogP contribution in [0.5, 0.6) is 0 Å². The third-order valence-electron chi connectivity index (χ3n) is 5.15. The molecule has 4 rings (SSSR count). The highest BCUT2D eigenvalue weighted by molar-refractivity contribution is 7.89. The lowest BCUT2D eigenvalue weighted by molar-refractivity contribution is -0.385. The number of hydrogen-bond donors (Lipinski definition) is 0. The summed E-state index contributed by atoms with van der Waals surface area (Å²) in [5.41, 5.74) is 0.249. The lowest BCUT2D eigenvalue weighted by Crippen LogP contribution is -2.49. The molecule has 2 heterocycles. The van der Waals surface area contributed by atoms with Gasteiger partial charge in [0.1, 0.15) is 5.02 Å². The summed E-state index contributed by atoms with van der Waals surface area (Å²) in [5, 5.41) is 15.2. The minimum Gasteiger partial charge on any atom is -0.366 e. The van der Waals surface area contributed by atoms with Gasteiger partial charge in [0.05, 0.1) is 27.4 Å². The molecule has 0 aliphatic carbocycles. The number of aromatic nitrogens is 2. The van der Waals surface area contributed by atoms with Crippen molar-refractivity contribution in [1.82, 2.24) is 14.1 Å². The second-order valence-electron chi connectivity index (χ2n) is 7.04. The maximum atomic E-state index is 12.9. The zero-order valence-electron chi connectivity index (χ0n) is 16.7. The van der Waals surface area contributed by atoms with E-state index in [9.17, 15) is 23.3 Å². The number of benzene rings is 2. The van der Waals surface area contributed by atoms with Crippen LogP contribution >= 0.6 is 11.6 Å². The van der Waals surface area contributed by atoms with Crippen LogP contribution in [0.25, 0.3) is 5.69 Å². The number of piperazine rings is 1. The highest BCUT2D eigenvalue weighted by Gasteiger charge is 2.30. The van der Waals surface area contributed by atoms with Crippen molar-refractivity contribution in [2.75, 3.05) is 31.1 Å². The molecule has 3 aromatic rings. The molecule has 1 aliphatic rings. The van der Waals surface area contributed by atoms with E-state index in [1.54, 1.807) is 29.2 Å². The van der Waals surface area contributed by atoms with Crippen LogP contribution in [-0.4, -0.2) is 53.6 Å². The Morgan fingerprint density at radius 1 is 1.00 bits per heavy atom.